The topological polar surface area (TPSA) is 66.8 Å². The van der Waals surface area contributed by atoms with E-state index in [1.165, 1.54) is 180 Å². The van der Waals surface area contributed by atoms with E-state index in [9.17, 15) is 4.79 Å². The van der Waals surface area contributed by atoms with Gasteiger partial charge in [0.25, 0.3) is 0 Å². The first-order valence-electron chi connectivity index (χ1n) is 19.1. The molecular formula is C38H78O4. The van der Waals surface area contributed by atoms with Gasteiger partial charge >= 0.3 is 5.97 Å². The Kier molecular flexibility index (Phi) is 44.1. The van der Waals surface area contributed by atoms with E-state index in [1.807, 2.05) is 0 Å². The van der Waals surface area contributed by atoms with Crippen molar-refractivity contribution >= 4 is 5.97 Å². The molecule has 0 amide bonds. The lowest BCUT2D eigenvalue weighted by Gasteiger charge is -2.04. The summed E-state index contributed by atoms with van der Waals surface area (Å²) in [5.74, 6) is -0.653. The van der Waals surface area contributed by atoms with Gasteiger partial charge in [-0.3, -0.25) is 4.79 Å². The van der Waals surface area contributed by atoms with Crippen molar-refractivity contribution in [1.29, 1.82) is 0 Å². The first-order chi connectivity index (χ1) is 20.7. The molecule has 0 bridgehead atoms. The van der Waals surface area contributed by atoms with E-state index in [2.05, 4.69) is 13.8 Å². The number of carboxylic acids is 1. The van der Waals surface area contributed by atoms with Crippen molar-refractivity contribution in [2.45, 2.75) is 219 Å². The molecule has 0 aliphatic rings. The molecular weight excluding hydrogens is 520 g/mol. The Morgan fingerprint density at radius 3 is 0.929 bits per heavy atom. The number of hydrogen-bond donors (Lipinski definition) is 2. The third-order valence-corrected chi connectivity index (χ3v) is 8.37. The van der Waals surface area contributed by atoms with Crippen molar-refractivity contribution in [1.82, 2.24) is 0 Å². The second-order valence-corrected chi connectivity index (χ2v) is 12.7. The molecule has 0 fully saturated rings. The lowest BCUT2D eigenvalue weighted by atomic mass is 10.0. The van der Waals surface area contributed by atoms with E-state index in [0.717, 1.165) is 25.9 Å². The summed E-state index contributed by atoms with van der Waals surface area (Å²) in [5.41, 5.74) is 0. The maximum atomic E-state index is 10.3. The summed E-state index contributed by atoms with van der Waals surface area (Å²) in [6.07, 6.45) is 42.6. The van der Waals surface area contributed by atoms with Crippen LogP contribution in [0.25, 0.3) is 0 Å². The maximum Gasteiger partial charge on any atom is 0.303 e. The third kappa shape index (κ3) is 46.4. The summed E-state index contributed by atoms with van der Waals surface area (Å²) in [6, 6.07) is 0. The number of aliphatic hydroxyl groups is 1. The lowest BCUT2D eigenvalue weighted by molar-refractivity contribution is -0.137. The van der Waals surface area contributed by atoms with Crippen molar-refractivity contribution in [2.75, 3.05) is 19.8 Å². The molecule has 0 heterocycles. The van der Waals surface area contributed by atoms with Gasteiger partial charge in [-0.2, -0.15) is 0 Å². The molecule has 2 N–H and O–H groups in total. The van der Waals surface area contributed by atoms with Gasteiger partial charge < -0.3 is 14.9 Å². The first kappa shape index (κ1) is 43.5. The lowest BCUT2D eigenvalue weighted by Crippen LogP contribution is -2.00. The summed E-state index contributed by atoms with van der Waals surface area (Å²) in [6.45, 7) is 6.02. The van der Waals surface area contributed by atoms with Crippen LogP contribution in [0.5, 0.6) is 0 Å². The van der Waals surface area contributed by atoms with Crippen LogP contribution in [0.2, 0.25) is 0 Å². The number of hydrogen-bond acceptors (Lipinski definition) is 3. The van der Waals surface area contributed by atoms with E-state index in [0.29, 0.717) is 13.0 Å². The van der Waals surface area contributed by atoms with Crippen LogP contribution in [0.15, 0.2) is 0 Å². The zero-order chi connectivity index (χ0) is 31.0. The Bertz CT molecular complexity index is 448. The third-order valence-electron chi connectivity index (χ3n) is 8.37. The fourth-order valence-corrected chi connectivity index (χ4v) is 5.57. The summed E-state index contributed by atoms with van der Waals surface area (Å²) >= 11 is 0. The van der Waals surface area contributed by atoms with Crippen LogP contribution in [0, 0.1) is 0 Å². The van der Waals surface area contributed by atoms with Crippen LogP contribution in [0.1, 0.15) is 219 Å². The average molecular weight is 599 g/mol. The van der Waals surface area contributed by atoms with Gasteiger partial charge in [0.15, 0.2) is 0 Å². The molecule has 0 aromatic heterocycles. The molecule has 0 saturated carbocycles. The molecule has 0 rings (SSSR count). The molecule has 0 spiro atoms. The van der Waals surface area contributed by atoms with Gasteiger partial charge in [0.2, 0.25) is 0 Å². The molecule has 4 heteroatoms. The van der Waals surface area contributed by atoms with Crippen LogP contribution in [-0.4, -0.2) is 36.0 Å². The smallest absolute Gasteiger partial charge is 0.303 e. The maximum absolute atomic E-state index is 10.3. The van der Waals surface area contributed by atoms with Crippen LogP contribution >= 0.6 is 0 Å². The summed E-state index contributed by atoms with van der Waals surface area (Å²) in [5, 5.41) is 17.1. The van der Waals surface area contributed by atoms with Crippen molar-refractivity contribution < 1.29 is 19.7 Å². The molecule has 0 aliphatic heterocycles. The van der Waals surface area contributed by atoms with E-state index in [4.69, 9.17) is 14.9 Å². The number of aliphatic hydroxyl groups excluding tert-OH is 1. The zero-order valence-electron chi connectivity index (χ0n) is 29.0. The number of unbranched alkanes of at least 4 members (excludes halogenated alkanes) is 29. The minimum atomic E-state index is -0.653. The van der Waals surface area contributed by atoms with E-state index in [-0.39, 0.29) is 6.61 Å². The van der Waals surface area contributed by atoms with Crippen molar-refractivity contribution in [3.8, 4) is 0 Å². The standard InChI is InChI=1S/C20H42O2.C18H36O2/c1-2-3-4-5-6-7-8-9-10-11-12-13-14-15-16-17-19-22-20-18-21;1-2-3-4-5-6-7-8-9-10-11-12-13-14-15-16-17-18(19)20/h21H,2-20H2,1H3;2-17H2,1H3,(H,19,20). The van der Waals surface area contributed by atoms with E-state index in [1.54, 1.807) is 0 Å². The fourth-order valence-electron chi connectivity index (χ4n) is 5.57. The second kappa shape index (κ2) is 42.5. The summed E-state index contributed by atoms with van der Waals surface area (Å²) in [4.78, 5) is 10.3. The highest BCUT2D eigenvalue weighted by atomic mass is 16.5. The van der Waals surface area contributed by atoms with Crippen molar-refractivity contribution in [2.24, 2.45) is 0 Å². The molecule has 254 valence electrons. The zero-order valence-corrected chi connectivity index (χ0v) is 29.0. The van der Waals surface area contributed by atoms with Gasteiger partial charge in [-0.1, -0.05) is 200 Å². The molecule has 0 aromatic carbocycles. The first-order valence-corrected chi connectivity index (χ1v) is 19.1. The molecule has 0 aromatic rings. The Morgan fingerprint density at radius 2 is 0.667 bits per heavy atom. The fraction of sp³-hybridized carbons (Fsp3) is 0.974. The summed E-state index contributed by atoms with van der Waals surface area (Å²) < 4.78 is 5.25. The van der Waals surface area contributed by atoms with Crippen molar-refractivity contribution in [3.63, 3.8) is 0 Å². The number of carboxylic acid groups (broad SMARTS) is 1. The Balaban J connectivity index is 0. The quantitative estimate of drug-likeness (QED) is 0.0712. The molecule has 0 unspecified atom stereocenters. The monoisotopic (exact) mass is 599 g/mol. The molecule has 0 aliphatic carbocycles. The normalized spacial score (nSPS) is 11.0. The highest BCUT2D eigenvalue weighted by Crippen LogP contribution is 2.15. The number of rotatable bonds is 35. The van der Waals surface area contributed by atoms with E-state index < -0.39 is 5.97 Å². The molecule has 4 nitrogen and oxygen atoms in total. The Hall–Kier alpha value is -0.610. The molecule has 42 heavy (non-hydrogen) atoms. The minimum absolute atomic E-state index is 0.152. The average Bonchev–Trinajstić information content (AvgIpc) is 2.98. The molecule has 0 saturated heterocycles. The SMILES string of the molecule is CCCCCCCCCCCCCCCCCC(=O)O.CCCCCCCCCCCCCCCCCCOCCO. The second-order valence-electron chi connectivity index (χ2n) is 12.7. The van der Waals surface area contributed by atoms with Gasteiger partial charge in [-0.15, -0.1) is 0 Å². The van der Waals surface area contributed by atoms with Crippen molar-refractivity contribution in [3.05, 3.63) is 0 Å². The van der Waals surface area contributed by atoms with Crippen LogP contribution in [0.4, 0.5) is 0 Å². The Labute approximate surface area is 264 Å². The van der Waals surface area contributed by atoms with Gasteiger partial charge in [0, 0.05) is 13.0 Å². The number of aliphatic carboxylic acids is 1. The number of carbonyl (C=O) groups is 1. The van der Waals surface area contributed by atoms with Gasteiger partial charge in [0.1, 0.15) is 0 Å². The predicted molar refractivity (Wildman–Crippen MR) is 185 cm³/mol. The highest BCUT2D eigenvalue weighted by molar-refractivity contribution is 5.66. The molecule has 0 atom stereocenters. The number of ether oxygens (including phenoxy) is 1. The van der Waals surface area contributed by atoms with Crippen LogP contribution in [0.3, 0.4) is 0 Å². The van der Waals surface area contributed by atoms with Gasteiger partial charge in [-0.25, -0.2) is 0 Å². The van der Waals surface area contributed by atoms with Gasteiger partial charge in [-0.05, 0) is 12.8 Å². The Morgan fingerprint density at radius 1 is 0.405 bits per heavy atom. The largest absolute Gasteiger partial charge is 0.481 e. The minimum Gasteiger partial charge on any atom is -0.481 e. The predicted octanol–water partition coefficient (Wildman–Crippen LogP) is 12.6. The van der Waals surface area contributed by atoms with E-state index >= 15 is 0 Å². The van der Waals surface area contributed by atoms with Gasteiger partial charge in [0.05, 0.1) is 13.2 Å². The highest BCUT2D eigenvalue weighted by Gasteiger charge is 1.98. The van der Waals surface area contributed by atoms with Crippen LogP contribution in [-0.2, 0) is 9.53 Å². The van der Waals surface area contributed by atoms with Crippen LogP contribution < -0.4 is 0 Å². The molecule has 0 radical (unpaired) electrons. The summed E-state index contributed by atoms with van der Waals surface area (Å²) in [7, 11) is 0.